The van der Waals surface area contributed by atoms with E-state index in [1.807, 2.05) is 32.0 Å². The van der Waals surface area contributed by atoms with Crippen LogP contribution in [-0.4, -0.2) is 33.6 Å². The van der Waals surface area contributed by atoms with Gasteiger partial charge in [-0.2, -0.15) is 0 Å². The van der Waals surface area contributed by atoms with Crippen molar-refractivity contribution < 1.29 is 19.5 Å². The molecule has 0 unspecified atom stereocenters. The number of nitrogens with zero attached hydrogens (tertiary/aromatic N) is 1. The van der Waals surface area contributed by atoms with Gasteiger partial charge in [-0.1, -0.05) is 30.0 Å². The molecule has 3 N–H and O–H groups in total. The molecule has 9 heteroatoms. The van der Waals surface area contributed by atoms with E-state index in [-0.39, 0.29) is 22.8 Å². The largest absolute Gasteiger partial charge is 0.478 e. The average molecular weight is 492 g/mol. The Morgan fingerprint density at radius 3 is 2.35 bits per heavy atom. The number of fused-ring (bicyclic) bond motifs is 1. The van der Waals surface area contributed by atoms with Crippen molar-refractivity contribution in [3.05, 3.63) is 82.9 Å². The predicted molar refractivity (Wildman–Crippen MR) is 136 cm³/mol. The van der Waals surface area contributed by atoms with Crippen molar-refractivity contribution in [1.82, 2.24) is 4.98 Å². The number of aromatic nitrogens is 1. The lowest BCUT2D eigenvalue weighted by atomic mass is 10.1. The number of carbonyl (C=O) groups excluding carboxylic acids is 2. The number of carboxylic acids is 1. The van der Waals surface area contributed by atoms with Crippen LogP contribution < -0.4 is 10.6 Å². The van der Waals surface area contributed by atoms with Crippen LogP contribution in [0.4, 0.5) is 11.4 Å². The minimum absolute atomic E-state index is 0.0587. The van der Waals surface area contributed by atoms with Gasteiger partial charge in [-0.15, -0.1) is 11.3 Å². The summed E-state index contributed by atoms with van der Waals surface area (Å²) in [7, 11) is 0. The number of hydrogen-bond donors (Lipinski definition) is 3. The Bertz CT molecular complexity index is 1410. The molecule has 3 aromatic carbocycles. The topological polar surface area (TPSA) is 108 Å². The lowest BCUT2D eigenvalue weighted by molar-refractivity contribution is -0.113. The summed E-state index contributed by atoms with van der Waals surface area (Å²) in [6.07, 6.45) is 0. The Morgan fingerprint density at radius 2 is 1.62 bits per heavy atom. The fraction of sp³-hybridized carbons (Fsp3) is 0.120. The van der Waals surface area contributed by atoms with Crippen LogP contribution in [0, 0.1) is 13.8 Å². The van der Waals surface area contributed by atoms with Gasteiger partial charge in [0.15, 0.2) is 4.34 Å². The Kier molecular flexibility index (Phi) is 6.95. The maximum Gasteiger partial charge on any atom is 0.336 e. The van der Waals surface area contributed by atoms with Crippen molar-refractivity contribution in [2.45, 2.75) is 18.2 Å². The molecule has 0 saturated carbocycles. The third-order valence-corrected chi connectivity index (χ3v) is 7.31. The summed E-state index contributed by atoms with van der Waals surface area (Å²) in [6, 6.07) is 17.1. The van der Waals surface area contributed by atoms with Crippen LogP contribution in [0.15, 0.2) is 65.0 Å². The van der Waals surface area contributed by atoms with Crippen LogP contribution in [-0.2, 0) is 4.79 Å². The van der Waals surface area contributed by atoms with Crippen LogP contribution >= 0.6 is 23.1 Å². The van der Waals surface area contributed by atoms with E-state index in [1.165, 1.54) is 40.8 Å². The number of rotatable bonds is 7. The Labute approximate surface area is 204 Å². The summed E-state index contributed by atoms with van der Waals surface area (Å²) in [5.41, 5.74) is 4.37. The molecule has 0 aliphatic rings. The first kappa shape index (κ1) is 23.5. The number of aryl methyl sites for hydroxylation is 2. The summed E-state index contributed by atoms with van der Waals surface area (Å²) in [6.45, 7) is 4.03. The van der Waals surface area contributed by atoms with Gasteiger partial charge in [0.05, 0.1) is 27.1 Å². The van der Waals surface area contributed by atoms with Crippen molar-refractivity contribution in [2.24, 2.45) is 0 Å². The standard InChI is InChI=1S/C25H21N3O4S2/c1-14-7-8-16(11-15(14)2)26-22(29)13-33-25-28-20-10-9-17(12-21(20)34-25)27-23(30)18-5-3-4-6-19(18)24(31)32/h3-12H,13H2,1-2H3,(H,26,29)(H,27,30)(H,31,32). The number of aromatic carboxylic acids is 1. The lowest BCUT2D eigenvalue weighted by Gasteiger charge is -2.07. The molecule has 7 nitrogen and oxygen atoms in total. The molecule has 2 amide bonds. The number of nitrogens with one attached hydrogen (secondary N) is 2. The molecule has 172 valence electrons. The Balaban J connectivity index is 1.41. The van der Waals surface area contributed by atoms with Gasteiger partial charge in [-0.05, 0) is 67.4 Å². The smallest absolute Gasteiger partial charge is 0.336 e. The first-order valence-corrected chi connectivity index (χ1v) is 12.1. The van der Waals surface area contributed by atoms with E-state index in [1.54, 1.807) is 30.3 Å². The van der Waals surface area contributed by atoms with Gasteiger partial charge < -0.3 is 15.7 Å². The fourth-order valence-corrected chi connectivity index (χ4v) is 5.16. The second-order valence-electron chi connectivity index (χ2n) is 7.60. The molecular weight excluding hydrogens is 470 g/mol. The van der Waals surface area contributed by atoms with Crippen LogP contribution in [0.3, 0.4) is 0 Å². The number of carbonyl (C=O) groups is 3. The maximum absolute atomic E-state index is 12.6. The highest BCUT2D eigenvalue weighted by Gasteiger charge is 2.16. The number of amides is 2. The molecule has 1 heterocycles. The number of carboxylic acid groups (broad SMARTS) is 1. The zero-order valence-corrected chi connectivity index (χ0v) is 20.0. The highest BCUT2D eigenvalue weighted by atomic mass is 32.2. The number of hydrogen-bond acceptors (Lipinski definition) is 6. The van der Waals surface area contributed by atoms with Crippen LogP contribution in [0.25, 0.3) is 10.2 Å². The normalized spacial score (nSPS) is 10.8. The first-order chi connectivity index (χ1) is 16.3. The van der Waals surface area contributed by atoms with Crippen molar-refractivity contribution in [3.63, 3.8) is 0 Å². The molecule has 0 fully saturated rings. The maximum atomic E-state index is 12.6. The molecule has 1 aromatic heterocycles. The minimum Gasteiger partial charge on any atom is -0.478 e. The fourth-order valence-electron chi connectivity index (χ4n) is 3.25. The molecule has 0 spiro atoms. The third-order valence-electron chi connectivity index (χ3n) is 5.15. The van der Waals surface area contributed by atoms with Crippen molar-refractivity contribution in [3.8, 4) is 0 Å². The van der Waals surface area contributed by atoms with Crippen LogP contribution in [0.1, 0.15) is 31.8 Å². The van der Waals surface area contributed by atoms with Gasteiger partial charge in [-0.25, -0.2) is 9.78 Å². The van der Waals surface area contributed by atoms with Gasteiger partial charge >= 0.3 is 5.97 Å². The van der Waals surface area contributed by atoms with Crippen molar-refractivity contribution in [2.75, 3.05) is 16.4 Å². The molecule has 0 saturated heterocycles. The quantitative estimate of drug-likeness (QED) is 0.291. The summed E-state index contributed by atoms with van der Waals surface area (Å²) in [4.78, 5) is 40.9. The third kappa shape index (κ3) is 5.44. The summed E-state index contributed by atoms with van der Waals surface area (Å²) >= 11 is 2.77. The number of anilines is 2. The average Bonchev–Trinajstić information content (AvgIpc) is 3.22. The van der Waals surface area contributed by atoms with Crippen LogP contribution in [0.2, 0.25) is 0 Å². The number of benzene rings is 3. The monoisotopic (exact) mass is 491 g/mol. The summed E-state index contributed by atoms with van der Waals surface area (Å²) in [5.74, 6) is -1.55. The minimum atomic E-state index is -1.16. The van der Waals surface area contributed by atoms with E-state index in [2.05, 4.69) is 15.6 Å². The Morgan fingerprint density at radius 1 is 0.912 bits per heavy atom. The van der Waals surface area contributed by atoms with Gasteiger partial charge in [0, 0.05) is 11.4 Å². The number of thioether (sulfide) groups is 1. The molecule has 0 bridgehead atoms. The van der Waals surface area contributed by atoms with E-state index < -0.39 is 11.9 Å². The van der Waals surface area contributed by atoms with E-state index in [4.69, 9.17) is 0 Å². The highest BCUT2D eigenvalue weighted by molar-refractivity contribution is 8.01. The molecule has 0 aliphatic heterocycles. The molecule has 34 heavy (non-hydrogen) atoms. The zero-order chi connectivity index (χ0) is 24.2. The first-order valence-electron chi connectivity index (χ1n) is 10.3. The Hall–Kier alpha value is -3.69. The SMILES string of the molecule is Cc1ccc(NC(=O)CSc2nc3ccc(NC(=O)c4ccccc4C(=O)O)cc3s2)cc1C. The second kappa shape index (κ2) is 10.1. The van der Waals surface area contributed by atoms with Crippen molar-refractivity contribution in [1.29, 1.82) is 0 Å². The molecule has 0 aliphatic carbocycles. The molecule has 4 aromatic rings. The van der Waals surface area contributed by atoms with Gasteiger partial charge in [0.2, 0.25) is 5.91 Å². The zero-order valence-electron chi connectivity index (χ0n) is 18.4. The molecule has 0 radical (unpaired) electrons. The van der Waals surface area contributed by atoms with Crippen LogP contribution in [0.5, 0.6) is 0 Å². The number of thiazole rings is 1. The molecule has 4 rings (SSSR count). The van der Waals surface area contributed by atoms with Gasteiger partial charge in [0.1, 0.15) is 0 Å². The van der Waals surface area contributed by atoms with E-state index >= 15 is 0 Å². The summed E-state index contributed by atoms with van der Waals surface area (Å²) < 4.78 is 1.59. The highest BCUT2D eigenvalue weighted by Crippen LogP contribution is 2.31. The predicted octanol–water partition coefficient (Wildman–Crippen LogP) is 5.59. The van der Waals surface area contributed by atoms with E-state index in [9.17, 15) is 19.5 Å². The second-order valence-corrected chi connectivity index (χ2v) is 9.86. The summed E-state index contributed by atoms with van der Waals surface area (Å²) in [5, 5.41) is 14.9. The lowest BCUT2D eigenvalue weighted by Crippen LogP contribution is -2.16. The van der Waals surface area contributed by atoms with Gasteiger partial charge in [0.25, 0.3) is 5.91 Å². The van der Waals surface area contributed by atoms with E-state index in [0.717, 1.165) is 25.8 Å². The van der Waals surface area contributed by atoms with Gasteiger partial charge in [-0.3, -0.25) is 9.59 Å². The molecule has 0 atom stereocenters. The van der Waals surface area contributed by atoms with E-state index in [0.29, 0.717) is 5.69 Å². The van der Waals surface area contributed by atoms with Crippen molar-refractivity contribution >= 4 is 62.5 Å². The molecular formula is C25H21N3O4S2.